The van der Waals surface area contributed by atoms with Gasteiger partial charge >= 0.3 is 0 Å². The maximum absolute atomic E-state index is 13.4. The van der Waals surface area contributed by atoms with Gasteiger partial charge in [-0.15, -0.1) is 0 Å². The second-order valence-corrected chi connectivity index (χ2v) is 9.61. The number of nitrogens with zero attached hydrogens (tertiary/aromatic N) is 2. The molecular formula is C29H29Cl2N3O2. The fourth-order valence-corrected chi connectivity index (χ4v) is 4.53. The van der Waals surface area contributed by atoms with Crippen molar-refractivity contribution in [3.8, 4) is 5.75 Å². The summed E-state index contributed by atoms with van der Waals surface area (Å²) in [4.78, 5) is 19.8. The van der Waals surface area contributed by atoms with Gasteiger partial charge in [0, 0.05) is 41.8 Å². The molecule has 0 bridgehead atoms. The van der Waals surface area contributed by atoms with Crippen molar-refractivity contribution in [2.45, 2.75) is 32.4 Å². The number of nitrogens with one attached hydrogen (secondary N) is 1. The van der Waals surface area contributed by atoms with Crippen LogP contribution in [0.5, 0.6) is 5.75 Å². The number of aromatic nitrogens is 1. The highest BCUT2D eigenvalue weighted by Gasteiger charge is 2.19. The Bertz CT molecular complexity index is 1330. The lowest BCUT2D eigenvalue weighted by molar-refractivity contribution is 0.0740. The summed E-state index contributed by atoms with van der Waals surface area (Å²) in [5.74, 6) is 0.698. The third-order valence-corrected chi connectivity index (χ3v) is 6.64. The number of hydrogen-bond acceptors (Lipinski definition) is 4. The molecule has 1 unspecified atom stereocenters. The van der Waals surface area contributed by atoms with Crippen molar-refractivity contribution in [2.75, 3.05) is 19.0 Å². The number of benzene rings is 3. The number of anilines is 1. The van der Waals surface area contributed by atoms with Crippen LogP contribution in [0.25, 0.3) is 10.9 Å². The van der Waals surface area contributed by atoms with Crippen molar-refractivity contribution in [1.29, 1.82) is 0 Å². The second kappa shape index (κ2) is 12.1. The summed E-state index contributed by atoms with van der Waals surface area (Å²) in [5.41, 5.74) is 3.36. The predicted octanol–water partition coefficient (Wildman–Crippen LogP) is 7.47. The maximum atomic E-state index is 13.4. The van der Waals surface area contributed by atoms with E-state index in [4.69, 9.17) is 27.9 Å². The lowest BCUT2D eigenvalue weighted by atomic mass is 10.1. The summed E-state index contributed by atoms with van der Waals surface area (Å²) >= 11 is 12.4. The van der Waals surface area contributed by atoms with Crippen molar-refractivity contribution >= 4 is 45.7 Å². The summed E-state index contributed by atoms with van der Waals surface area (Å²) in [5, 5.41) is 5.72. The van der Waals surface area contributed by atoms with E-state index in [1.807, 2.05) is 65.6 Å². The van der Waals surface area contributed by atoms with Gasteiger partial charge in [0.25, 0.3) is 5.91 Å². The highest BCUT2D eigenvalue weighted by Crippen LogP contribution is 2.28. The standard InChI is InChI=1S/C29H29Cl2N3O2/c1-20(33-27-18-24(36-2)17-22-8-5-15-32-28(22)27)7-6-16-34(19-21-11-13-23(30)14-12-21)29(35)25-9-3-4-10-26(25)31/h3-5,8-15,17-18,20,33H,6-7,16,19H2,1-2H3. The molecule has 1 aromatic heterocycles. The Kier molecular flexibility index (Phi) is 8.68. The van der Waals surface area contributed by atoms with Gasteiger partial charge in [-0.3, -0.25) is 9.78 Å². The zero-order valence-electron chi connectivity index (χ0n) is 20.4. The van der Waals surface area contributed by atoms with Crippen LogP contribution in [0.1, 0.15) is 35.7 Å². The molecule has 1 N–H and O–H groups in total. The minimum atomic E-state index is -0.0841. The monoisotopic (exact) mass is 521 g/mol. The van der Waals surface area contributed by atoms with Gasteiger partial charge in [-0.1, -0.05) is 53.5 Å². The minimum Gasteiger partial charge on any atom is -0.497 e. The maximum Gasteiger partial charge on any atom is 0.255 e. The third kappa shape index (κ3) is 6.48. The van der Waals surface area contributed by atoms with E-state index in [0.717, 1.165) is 40.7 Å². The molecule has 0 fully saturated rings. The molecule has 0 aliphatic heterocycles. The van der Waals surface area contributed by atoms with Gasteiger partial charge in [0.2, 0.25) is 0 Å². The number of fused-ring (bicyclic) bond motifs is 1. The average molecular weight is 522 g/mol. The van der Waals surface area contributed by atoms with Crippen molar-refractivity contribution in [2.24, 2.45) is 0 Å². The zero-order chi connectivity index (χ0) is 25.5. The van der Waals surface area contributed by atoms with Gasteiger partial charge < -0.3 is 15.0 Å². The van der Waals surface area contributed by atoms with Gasteiger partial charge in [0.1, 0.15) is 5.75 Å². The number of ether oxygens (including phenoxy) is 1. The van der Waals surface area contributed by atoms with E-state index in [-0.39, 0.29) is 11.9 Å². The van der Waals surface area contributed by atoms with E-state index in [9.17, 15) is 4.79 Å². The van der Waals surface area contributed by atoms with Crippen molar-refractivity contribution in [1.82, 2.24) is 9.88 Å². The number of amides is 1. The van der Waals surface area contributed by atoms with Gasteiger partial charge in [0.15, 0.2) is 0 Å². The van der Waals surface area contributed by atoms with Crippen LogP contribution in [0.2, 0.25) is 10.0 Å². The first-order valence-corrected chi connectivity index (χ1v) is 12.7. The molecule has 0 radical (unpaired) electrons. The Balaban J connectivity index is 1.45. The fraction of sp³-hybridized carbons (Fsp3) is 0.241. The molecule has 186 valence electrons. The smallest absolute Gasteiger partial charge is 0.255 e. The Morgan fingerprint density at radius 2 is 1.83 bits per heavy atom. The topological polar surface area (TPSA) is 54.5 Å². The van der Waals surface area contributed by atoms with Crippen LogP contribution in [0.4, 0.5) is 5.69 Å². The lowest BCUT2D eigenvalue weighted by Crippen LogP contribution is -2.32. The second-order valence-electron chi connectivity index (χ2n) is 8.77. The Labute approximate surface area is 222 Å². The fourth-order valence-electron chi connectivity index (χ4n) is 4.19. The van der Waals surface area contributed by atoms with Crippen molar-refractivity contribution < 1.29 is 9.53 Å². The Morgan fingerprint density at radius 3 is 2.58 bits per heavy atom. The Hall–Kier alpha value is -3.28. The molecule has 1 amide bonds. The number of carbonyl (C=O) groups is 1. The molecule has 0 aliphatic carbocycles. The molecule has 7 heteroatoms. The van der Waals surface area contributed by atoms with Gasteiger partial charge in [-0.05, 0) is 61.7 Å². The molecule has 1 atom stereocenters. The van der Waals surface area contributed by atoms with Crippen LogP contribution in [0.3, 0.4) is 0 Å². The SMILES string of the molecule is COc1cc(NC(C)CCCN(Cc2ccc(Cl)cc2)C(=O)c2ccccc2Cl)c2ncccc2c1. The average Bonchev–Trinajstić information content (AvgIpc) is 2.89. The molecule has 4 aromatic rings. The summed E-state index contributed by atoms with van der Waals surface area (Å²) in [6.07, 6.45) is 3.46. The zero-order valence-corrected chi connectivity index (χ0v) is 21.9. The van der Waals surface area contributed by atoms with Crippen molar-refractivity contribution in [3.05, 3.63) is 100 Å². The molecule has 0 spiro atoms. The lowest BCUT2D eigenvalue weighted by Gasteiger charge is -2.25. The van der Waals surface area contributed by atoms with E-state index >= 15 is 0 Å². The summed E-state index contributed by atoms with van der Waals surface area (Å²) in [6.45, 7) is 3.21. The number of hydrogen-bond donors (Lipinski definition) is 1. The van der Waals surface area contributed by atoms with Crippen molar-refractivity contribution in [3.63, 3.8) is 0 Å². The van der Waals surface area contributed by atoms with E-state index < -0.39 is 0 Å². The van der Waals surface area contributed by atoms with Gasteiger partial charge in [0.05, 0.1) is 28.9 Å². The highest BCUT2D eigenvalue weighted by atomic mass is 35.5. The molecule has 1 heterocycles. The molecule has 5 nitrogen and oxygen atoms in total. The molecule has 36 heavy (non-hydrogen) atoms. The molecule has 0 saturated carbocycles. The van der Waals surface area contributed by atoms with E-state index in [1.54, 1.807) is 25.4 Å². The first-order chi connectivity index (χ1) is 17.4. The van der Waals surface area contributed by atoms with Crippen LogP contribution in [0.15, 0.2) is 79.0 Å². The first-order valence-electron chi connectivity index (χ1n) is 11.9. The first kappa shape index (κ1) is 25.8. The molecule has 3 aromatic carbocycles. The third-order valence-electron chi connectivity index (χ3n) is 6.06. The van der Waals surface area contributed by atoms with E-state index in [0.29, 0.717) is 28.7 Å². The predicted molar refractivity (Wildman–Crippen MR) is 148 cm³/mol. The van der Waals surface area contributed by atoms with E-state index in [1.165, 1.54) is 0 Å². The number of carbonyl (C=O) groups excluding carboxylic acids is 1. The largest absolute Gasteiger partial charge is 0.497 e. The number of rotatable bonds is 10. The van der Waals surface area contributed by atoms with Crippen LogP contribution >= 0.6 is 23.2 Å². The summed E-state index contributed by atoms with van der Waals surface area (Å²) < 4.78 is 5.47. The van der Waals surface area contributed by atoms with Crippen LogP contribution in [-0.4, -0.2) is 35.5 Å². The quantitative estimate of drug-likeness (QED) is 0.235. The van der Waals surface area contributed by atoms with Crippen LogP contribution < -0.4 is 10.1 Å². The minimum absolute atomic E-state index is 0.0841. The molecular weight excluding hydrogens is 493 g/mol. The highest BCUT2D eigenvalue weighted by molar-refractivity contribution is 6.33. The summed E-state index contributed by atoms with van der Waals surface area (Å²) in [7, 11) is 1.66. The van der Waals surface area contributed by atoms with Gasteiger partial charge in [-0.25, -0.2) is 0 Å². The molecule has 4 rings (SSSR count). The molecule has 0 saturated heterocycles. The van der Waals surface area contributed by atoms with Crippen LogP contribution in [-0.2, 0) is 6.54 Å². The number of halogens is 2. The van der Waals surface area contributed by atoms with E-state index in [2.05, 4.69) is 17.2 Å². The normalized spacial score (nSPS) is 11.8. The molecule has 0 aliphatic rings. The number of methoxy groups -OCH3 is 1. The summed E-state index contributed by atoms with van der Waals surface area (Å²) in [6, 6.07) is 22.8. The van der Waals surface area contributed by atoms with Gasteiger partial charge in [-0.2, -0.15) is 0 Å². The number of pyridine rings is 1. The van der Waals surface area contributed by atoms with Crippen LogP contribution in [0, 0.1) is 0 Å². The Morgan fingerprint density at radius 1 is 1.06 bits per heavy atom.